The quantitative estimate of drug-likeness (QED) is 0.753. The van der Waals surface area contributed by atoms with Gasteiger partial charge in [0.05, 0.1) is 13.1 Å². The van der Waals surface area contributed by atoms with Crippen molar-refractivity contribution in [1.82, 2.24) is 14.7 Å². The smallest absolute Gasteiger partial charge is 0.253 e. The molecular weight excluding hydrogens is 382 g/mol. The first-order chi connectivity index (χ1) is 14.6. The molecule has 30 heavy (non-hydrogen) atoms. The van der Waals surface area contributed by atoms with Crippen LogP contribution >= 0.6 is 0 Å². The van der Waals surface area contributed by atoms with Gasteiger partial charge in [0.15, 0.2) is 17.6 Å². The van der Waals surface area contributed by atoms with Crippen LogP contribution in [0.15, 0.2) is 54.6 Å². The highest BCUT2D eigenvalue weighted by Crippen LogP contribution is 2.30. The van der Waals surface area contributed by atoms with Crippen LogP contribution in [-0.4, -0.2) is 85.5 Å². The molecule has 158 valence electrons. The number of carbonyl (C=O) groups is 2. The molecule has 7 heteroatoms. The second-order valence-electron chi connectivity index (χ2n) is 7.71. The molecule has 2 aromatic rings. The monoisotopic (exact) mass is 409 g/mol. The average Bonchev–Trinajstić information content (AvgIpc) is 2.79. The molecule has 0 N–H and O–H groups in total. The average molecular weight is 409 g/mol. The van der Waals surface area contributed by atoms with Crippen molar-refractivity contribution in [3.63, 3.8) is 0 Å². The van der Waals surface area contributed by atoms with E-state index in [-0.39, 0.29) is 17.9 Å². The standard InChI is InChI=1S/C23H27N3O4/c1-24(15-19-17-29-20-9-5-6-10-21(20)30-19)22(27)16-25-11-13-26(14-12-25)23(28)18-7-3-2-4-8-18/h2-10,19H,11-17H2,1H3/t19-/m0/s1. The van der Waals surface area contributed by atoms with Gasteiger partial charge < -0.3 is 19.3 Å². The van der Waals surface area contributed by atoms with Crippen molar-refractivity contribution in [2.45, 2.75) is 6.10 Å². The second-order valence-corrected chi connectivity index (χ2v) is 7.71. The summed E-state index contributed by atoms with van der Waals surface area (Å²) >= 11 is 0. The van der Waals surface area contributed by atoms with E-state index in [9.17, 15) is 9.59 Å². The Bertz CT molecular complexity index is 881. The number of para-hydroxylation sites is 2. The van der Waals surface area contributed by atoms with Crippen molar-refractivity contribution < 1.29 is 19.1 Å². The highest BCUT2D eigenvalue weighted by molar-refractivity contribution is 5.94. The number of likely N-dealkylation sites (N-methyl/N-ethyl adjacent to an activating group) is 1. The van der Waals surface area contributed by atoms with Crippen LogP contribution in [0.4, 0.5) is 0 Å². The Morgan fingerprint density at radius 2 is 1.63 bits per heavy atom. The van der Waals surface area contributed by atoms with E-state index in [2.05, 4.69) is 4.90 Å². The van der Waals surface area contributed by atoms with Gasteiger partial charge in [0.2, 0.25) is 5.91 Å². The molecule has 2 heterocycles. The zero-order chi connectivity index (χ0) is 20.9. The Kier molecular flexibility index (Phi) is 6.18. The fraction of sp³-hybridized carbons (Fsp3) is 0.391. The van der Waals surface area contributed by atoms with Crippen LogP contribution in [0.5, 0.6) is 11.5 Å². The number of hydrogen-bond acceptors (Lipinski definition) is 5. The van der Waals surface area contributed by atoms with Gasteiger partial charge in [-0.15, -0.1) is 0 Å². The molecule has 0 unspecified atom stereocenters. The van der Waals surface area contributed by atoms with Gasteiger partial charge in [-0.05, 0) is 24.3 Å². The van der Waals surface area contributed by atoms with Gasteiger partial charge in [-0.3, -0.25) is 14.5 Å². The summed E-state index contributed by atoms with van der Waals surface area (Å²) in [5.74, 6) is 1.55. The molecule has 0 aromatic heterocycles. The van der Waals surface area contributed by atoms with Crippen molar-refractivity contribution in [3.05, 3.63) is 60.2 Å². The van der Waals surface area contributed by atoms with Gasteiger partial charge >= 0.3 is 0 Å². The highest BCUT2D eigenvalue weighted by atomic mass is 16.6. The van der Waals surface area contributed by atoms with E-state index in [1.165, 1.54) is 0 Å². The van der Waals surface area contributed by atoms with Crippen LogP contribution < -0.4 is 9.47 Å². The SMILES string of the molecule is CN(C[C@H]1COc2ccccc2O1)C(=O)CN1CCN(C(=O)c2ccccc2)CC1. The minimum Gasteiger partial charge on any atom is -0.486 e. The molecule has 2 aliphatic rings. The fourth-order valence-corrected chi connectivity index (χ4v) is 3.74. The minimum absolute atomic E-state index is 0.0419. The van der Waals surface area contributed by atoms with Crippen LogP contribution in [0.2, 0.25) is 0 Å². The Labute approximate surface area is 176 Å². The maximum atomic E-state index is 12.7. The zero-order valence-corrected chi connectivity index (χ0v) is 17.2. The molecule has 2 amide bonds. The first-order valence-corrected chi connectivity index (χ1v) is 10.3. The Morgan fingerprint density at radius 3 is 2.37 bits per heavy atom. The maximum Gasteiger partial charge on any atom is 0.253 e. The van der Waals surface area contributed by atoms with E-state index < -0.39 is 0 Å². The molecule has 2 aromatic carbocycles. The summed E-state index contributed by atoms with van der Waals surface area (Å²) in [5.41, 5.74) is 0.707. The minimum atomic E-state index is -0.186. The summed E-state index contributed by atoms with van der Waals surface area (Å²) in [6.07, 6.45) is -0.186. The lowest BCUT2D eigenvalue weighted by atomic mass is 10.2. The first-order valence-electron chi connectivity index (χ1n) is 10.3. The van der Waals surface area contributed by atoms with Crippen molar-refractivity contribution in [1.29, 1.82) is 0 Å². The van der Waals surface area contributed by atoms with Crippen molar-refractivity contribution >= 4 is 11.8 Å². The summed E-state index contributed by atoms with van der Waals surface area (Å²) in [6.45, 7) is 3.87. The third kappa shape index (κ3) is 4.74. The molecular formula is C23H27N3O4. The van der Waals surface area contributed by atoms with E-state index in [0.29, 0.717) is 57.2 Å². The maximum absolute atomic E-state index is 12.7. The number of fused-ring (bicyclic) bond motifs is 1. The van der Waals surface area contributed by atoms with Crippen LogP contribution in [0, 0.1) is 0 Å². The summed E-state index contributed by atoms with van der Waals surface area (Å²) < 4.78 is 11.7. The lowest BCUT2D eigenvalue weighted by Crippen LogP contribution is -2.52. The number of ether oxygens (including phenoxy) is 2. The summed E-state index contributed by atoms with van der Waals surface area (Å²) in [6, 6.07) is 16.9. The second kappa shape index (κ2) is 9.17. The van der Waals surface area contributed by atoms with Gasteiger partial charge in [-0.25, -0.2) is 0 Å². The number of rotatable bonds is 5. The molecule has 0 spiro atoms. The Balaban J connectivity index is 1.22. The van der Waals surface area contributed by atoms with Gasteiger partial charge in [-0.2, -0.15) is 0 Å². The summed E-state index contributed by atoms with van der Waals surface area (Å²) in [4.78, 5) is 30.9. The molecule has 0 radical (unpaired) electrons. The van der Waals surface area contributed by atoms with Crippen LogP contribution in [0.3, 0.4) is 0 Å². The van der Waals surface area contributed by atoms with E-state index >= 15 is 0 Å². The van der Waals surface area contributed by atoms with Crippen LogP contribution in [0.25, 0.3) is 0 Å². The topological polar surface area (TPSA) is 62.3 Å². The highest BCUT2D eigenvalue weighted by Gasteiger charge is 2.26. The predicted octanol–water partition coefficient (Wildman–Crippen LogP) is 1.74. The molecule has 7 nitrogen and oxygen atoms in total. The van der Waals surface area contributed by atoms with E-state index in [4.69, 9.17) is 9.47 Å². The molecule has 0 bridgehead atoms. The molecule has 2 aliphatic heterocycles. The van der Waals surface area contributed by atoms with Crippen molar-refractivity contribution in [2.24, 2.45) is 0 Å². The van der Waals surface area contributed by atoms with E-state index in [1.54, 1.807) is 11.9 Å². The van der Waals surface area contributed by atoms with Crippen molar-refractivity contribution in [3.8, 4) is 11.5 Å². The van der Waals surface area contributed by atoms with E-state index in [1.807, 2.05) is 59.5 Å². The summed E-state index contributed by atoms with van der Waals surface area (Å²) in [7, 11) is 1.79. The number of amides is 2. The lowest BCUT2D eigenvalue weighted by molar-refractivity contribution is -0.132. The largest absolute Gasteiger partial charge is 0.486 e. The third-order valence-electron chi connectivity index (χ3n) is 5.51. The molecule has 1 fully saturated rings. The predicted molar refractivity (Wildman–Crippen MR) is 113 cm³/mol. The van der Waals surface area contributed by atoms with Crippen LogP contribution in [0.1, 0.15) is 10.4 Å². The van der Waals surface area contributed by atoms with Gasteiger partial charge in [0.1, 0.15) is 6.61 Å². The third-order valence-corrected chi connectivity index (χ3v) is 5.51. The summed E-state index contributed by atoms with van der Waals surface area (Å²) in [5, 5.41) is 0. The molecule has 0 aliphatic carbocycles. The van der Waals surface area contributed by atoms with Gasteiger partial charge in [0, 0.05) is 38.8 Å². The Morgan fingerprint density at radius 1 is 0.967 bits per heavy atom. The zero-order valence-electron chi connectivity index (χ0n) is 17.2. The van der Waals surface area contributed by atoms with E-state index in [0.717, 1.165) is 5.75 Å². The molecule has 0 saturated carbocycles. The number of carbonyl (C=O) groups excluding carboxylic acids is 2. The van der Waals surface area contributed by atoms with Gasteiger partial charge in [0.25, 0.3) is 5.91 Å². The lowest BCUT2D eigenvalue weighted by Gasteiger charge is -2.35. The number of nitrogens with zero attached hydrogens (tertiary/aromatic N) is 3. The first kappa shape index (κ1) is 20.2. The normalized spacial score (nSPS) is 18.7. The van der Waals surface area contributed by atoms with Gasteiger partial charge in [-0.1, -0.05) is 30.3 Å². The molecule has 1 atom stereocenters. The fourth-order valence-electron chi connectivity index (χ4n) is 3.74. The Hall–Kier alpha value is -3.06. The number of hydrogen-bond donors (Lipinski definition) is 0. The van der Waals surface area contributed by atoms with Crippen molar-refractivity contribution in [2.75, 3.05) is 52.9 Å². The molecule has 1 saturated heterocycles. The number of piperazine rings is 1. The molecule has 4 rings (SSSR count). The van der Waals surface area contributed by atoms with Crippen LogP contribution in [-0.2, 0) is 4.79 Å². The number of benzene rings is 2.